The van der Waals surface area contributed by atoms with E-state index < -0.39 is 60.2 Å². The van der Waals surface area contributed by atoms with Crippen molar-refractivity contribution in [2.75, 3.05) is 18.6 Å². The number of amides is 4. The minimum absolute atomic E-state index is 0.0603. The summed E-state index contributed by atoms with van der Waals surface area (Å²) in [5, 5.41) is 14.3. The highest BCUT2D eigenvalue weighted by atomic mass is 32.2. The second-order valence-electron chi connectivity index (χ2n) is 8.01. The van der Waals surface area contributed by atoms with Crippen LogP contribution < -0.4 is 22.1 Å². The molecule has 1 fully saturated rings. The molecule has 0 saturated carbocycles. The van der Waals surface area contributed by atoms with Crippen molar-refractivity contribution in [3.63, 3.8) is 0 Å². The first kappa shape index (κ1) is 27.7. The summed E-state index contributed by atoms with van der Waals surface area (Å²) >= 11 is 1.52. The standard InChI is InChI=1S/C20H35N5O6S/c1-4-11(2)16(22)18(28)23-12(7-9-32-3)19(29)25-8-5-6-14(25)17(27)24-13(20(30)31)10-15(21)26/h11-14,16H,4-10,22H2,1-3H3,(H2,21,26)(H,23,28)(H,24,27)(H,30,31). The van der Waals surface area contributed by atoms with E-state index in [0.29, 0.717) is 38.0 Å². The third-order valence-corrected chi connectivity index (χ3v) is 6.29. The summed E-state index contributed by atoms with van der Waals surface area (Å²) in [6, 6.07) is -3.97. The van der Waals surface area contributed by atoms with Crippen LogP contribution in [0.1, 0.15) is 46.0 Å². The molecule has 1 aliphatic rings. The monoisotopic (exact) mass is 473 g/mol. The van der Waals surface area contributed by atoms with E-state index >= 15 is 0 Å². The molecular formula is C20H35N5O6S. The Morgan fingerprint density at radius 2 is 1.84 bits per heavy atom. The van der Waals surface area contributed by atoms with Gasteiger partial charge in [0.2, 0.25) is 23.6 Å². The van der Waals surface area contributed by atoms with Crippen molar-refractivity contribution in [1.29, 1.82) is 0 Å². The number of likely N-dealkylation sites (tertiary alicyclic amines) is 1. The third-order valence-electron chi connectivity index (χ3n) is 5.64. The fourth-order valence-corrected chi connectivity index (χ4v) is 3.92. The van der Waals surface area contributed by atoms with Gasteiger partial charge in [-0.1, -0.05) is 20.3 Å². The summed E-state index contributed by atoms with van der Waals surface area (Å²) < 4.78 is 0. The predicted octanol–water partition coefficient (Wildman–Crippen LogP) is -0.966. The van der Waals surface area contributed by atoms with Gasteiger partial charge in [-0.05, 0) is 37.2 Å². The van der Waals surface area contributed by atoms with Crippen LogP contribution in [0.5, 0.6) is 0 Å². The molecule has 1 rings (SSSR count). The molecule has 12 heteroatoms. The predicted molar refractivity (Wildman–Crippen MR) is 120 cm³/mol. The lowest BCUT2D eigenvalue weighted by Gasteiger charge is -2.30. The highest BCUT2D eigenvalue weighted by molar-refractivity contribution is 7.98. The fourth-order valence-electron chi connectivity index (χ4n) is 3.45. The van der Waals surface area contributed by atoms with Crippen LogP contribution in [0.4, 0.5) is 0 Å². The summed E-state index contributed by atoms with van der Waals surface area (Å²) in [5.74, 6) is -3.22. The number of rotatable bonds is 13. The number of thioether (sulfide) groups is 1. The number of aliphatic carboxylic acids is 1. The maximum absolute atomic E-state index is 13.3. The number of nitrogens with zero attached hydrogens (tertiary/aromatic N) is 1. The maximum atomic E-state index is 13.3. The number of hydrogen-bond donors (Lipinski definition) is 5. The number of carboxylic acid groups (broad SMARTS) is 1. The van der Waals surface area contributed by atoms with Gasteiger partial charge in [0.15, 0.2) is 0 Å². The van der Waals surface area contributed by atoms with Gasteiger partial charge >= 0.3 is 5.97 Å². The number of carboxylic acids is 1. The highest BCUT2D eigenvalue weighted by Gasteiger charge is 2.39. The van der Waals surface area contributed by atoms with E-state index in [1.165, 1.54) is 16.7 Å². The Kier molecular flexibility index (Phi) is 11.5. The molecule has 7 N–H and O–H groups in total. The molecule has 32 heavy (non-hydrogen) atoms. The Bertz CT molecular complexity index is 706. The molecule has 1 aliphatic heterocycles. The van der Waals surface area contributed by atoms with Crippen LogP contribution in [0.25, 0.3) is 0 Å². The van der Waals surface area contributed by atoms with Crippen molar-refractivity contribution in [3.8, 4) is 0 Å². The number of primary amides is 1. The van der Waals surface area contributed by atoms with Gasteiger partial charge in [0, 0.05) is 6.54 Å². The van der Waals surface area contributed by atoms with Crippen molar-refractivity contribution < 1.29 is 29.1 Å². The summed E-state index contributed by atoms with van der Waals surface area (Å²) in [6.45, 7) is 4.08. The molecule has 1 saturated heterocycles. The lowest BCUT2D eigenvalue weighted by atomic mass is 9.99. The lowest BCUT2D eigenvalue weighted by Crippen LogP contribution is -2.57. The topological polar surface area (TPSA) is 185 Å². The van der Waals surface area contributed by atoms with Gasteiger partial charge in [-0.2, -0.15) is 11.8 Å². The first-order valence-corrected chi connectivity index (χ1v) is 12.1. The van der Waals surface area contributed by atoms with Crippen LogP contribution in [-0.4, -0.2) is 82.3 Å². The average Bonchev–Trinajstić information content (AvgIpc) is 3.23. The number of hydrogen-bond acceptors (Lipinski definition) is 7. The van der Waals surface area contributed by atoms with E-state index in [4.69, 9.17) is 11.5 Å². The van der Waals surface area contributed by atoms with Crippen LogP contribution in [0.2, 0.25) is 0 Å². The van der Waals surface area contributed by atoms with Crippen molar-refractivity contribution >= 4 is 41.4 Å². The summed E-state index contributed by atoms with van der Waals surface area (Å²) in [6.07, 6.45) is 3.29. The van der Waals surface area contributed by atoms with Gasteiger partial charge in [0.05, 0.1) is 12.5 Å². The molecule has 4 amide bonds. The number of nitrogens with two attached hydrogens (primary N) is 2. The summed E-state index contributed by atoms with van der Waals surface area (Å²) in [5.41, 5.74) is 11.1. The molecule has 0 aromatic rings. The Hall–Kier alpha value is -2.34. The number of carbonyl (C=O) groups excluding carboxylic acids is 4. The van der Waals surface area contributed by atoms with Crippen LogP contribution in [-0.2, 0) is 24.0 Å². The lowest BCUT2D eigenvalue weighted by molar-refractivity contribution is -0.145. The zero-order chi connectivity index (χ0) is 24.4. The summed E-state index contributed by atoms with van der Waals surface area (Å²) in [4.78, 5) is 62.3. The Morgan fingerprint density at radius 3 is 2.38 bits per heavy atom. The molecular weight excluding hydrogens is 438 g/mol. The SMILES string of the molecule is CCC(C)C(N)C(=O)NC(CCSC)C(=O)N1CCCC1C(=O)NC(CC(N)=O)C(=O)O. The zero-order valence-corrected chi connectivity index (χ0v) is 19.7. The van der Waals surface area contributed by atoms with Gasteiger partial charge in [-0.25, -0.2) is 4.79 Å². The second kappa shape index (κ2) is 13.3. The van der Waals surface area contributed by atoms with Gasteiger partial charge in [-0.15, -0.1) is 0 Å². The molecule has 0 aliphatic carbocycles. The molecule has 11 nitrogen and oxygen atoms in total. The Balaban J connectivity index is 2.95. The van der Waals surface area contributed by atoms with Gasteiger partial charge in [0.25, 0.3) is 0 Å². The third kappa shape index (κ3) is 7.97. The van der Waals surface area contributed by atoms with E-state index in [-0.39, 0.29) is 5.92 Å². The summed E-state index contributed by atoms with van der Waals surface area (Å²) in [7, 11) is 0. The largest absolute Gasteiger partial charge is 0.480 e. The van der Waals surface area contributed by atoms with E-state index in [1.807, 2.05) is 20.1 Å². The van der Waals surface area contributed by atoms with Crippen LogP contribution in [0.3, 0.4) is 0 Å². The smallest absolute Gasteiger partial charge is 0.326 e. The second-order valence-corrected chi connectivity index (χ2v) is 9.00. The first-order chi connectivity index (χ1) is 15.0. The number of nitrogens with one attached hydrogen (secondary N) is 2. The average molecular weight is 474 g/mol. The molecule has 0 spiro atoms. The fraction of sp³-hybridized carbons (Fsp3) is 0.750. The van der Waals surface area contributed by atoms with Crippen LogP contribution in [0, 0.1) is 5.92 Å². The zero-order valence-electron chi connectivity index (χ0n) is 18.8. The molecule has 1 heterocycles. The van der Waals surface area contributed by atoms with E-state index in [1.54, 1.807) is 0 Å². The quantitative estimate of drug-likeness (QED) is 0.226. The molecule has 0 aromatic carbocycles. The van der Waals surface area contributed by atoms with Crippen molar-refractivity contribution in [1.82, 2.24) is 15.5 Å². The highest BCUT2D eigenvalue weighted by Crippen LogP contribution is 2.20. The molecule has 0 radical (unpaired) electrons. The maximum Gasteiger partial charge on any atom is 0.326 e. The van der Waals surface area contributed by atoms with E-state index in [9.17, 15) is 29.1 Å². The van der Waals surface area contributed by atoms with Crippen molar-refractivity contribution in [2.24, 2.45) is 17.4 Å². The molecule has 182 valence electrons. The molecule has 5 unspecified atom stereocenters. The van der Waals surface area contributed by atoms with Crippen LogP contribution in [0.15, 0.2) is 0 Å². The van der Waals surface area contributed by atoms with Gasteiger partial charge < -0.3 is 32.1 Å². The van der Waals surface area contributed by atoms with Crippen molar-refractivity contribution in [2.45, 2.75) is 70.1 Å². The normalized spacial score (nSPS) is 19.5. The Labute approximate surface area is 192 Å². The Morgan fingerprint density at radius 1 is 1.19 bits per heavy atom. The van der Waals surface area contributed by atoms with Crippen LogP contribution >= 0.6 is 11.8 Å². The minimum atomic E-state index is -1.47. The minimum Gasteiger partial charge on any atom is -0.480 e. The van der Waals surface area contributed by atoms with Gasteiger partial charge in [0.1, 0.15) is 18.1 Å². The van der Waals surface area contributed by atoms with Gasteiger partial charge in [-0.3, -0.25) is 19.2 Å². The molecule has 0 aromatic heterocycles. The van der Waals surface area contributed by atoms with E-state index in [0.717, 1.165) is 0 Å². The first-order valence-electron chi connectivity index (χ1n) is 10.7. The number of carbonyl (C=O) groups is 5. The molecule has 0 bridgehead atoms. The molecule has 5 atom stereocenters. The van der Waals surface area contributed by atoms with E-state index in [2.05, 4.69) is 10.6 Å². The van der Waals surface area contributed by atoms with Crippen molar-refractivity contribution in [3.05, 3.63) is 0 Å².